The molecule has 0 spiro atoms. The molecule has 2 rings (SSSR count). The summed E-state index contributed by atoms with van der Waals surface area (Å²) in [6.07, 6.45) is -0.211. The molecule has 0 aromatic heterocycles. The van der Waals surface area contributed by atoms with E-state index < -0.39 is 11.9 Å². The maximum Gasteiger partial charge on any atom is 0.263 e. The molecule has 0 saturated carbocycles. The number of hydrogen-bond donors (Lipinski definition) is 0. The molecular formula is C18H20FNO2. The number of carbonyl (C=O) groups excluding carboxylic acids is 1. The lowest BCUT2D eigenvalue weighted by Crippen LogP contribution is -2.39. The molecule has 4 heteroatoms. The van der Waals surface area contributed by atoms with Crippen molar-refractivity contribution in [1.29, 1.82) is 0 Å². The molecule has 2 aromatic carbocycles. The zero-order chi connectivity index (χ0) is 15.9. The molecule has 0 bridgehead atoms. The smallest absolute Gasteiger partial charge is 0.263 e. The number of rotatable bonds is 6. The van der Waals surface area contributed by atoms with Crippen LogP contribution in [0, 0.1) is 5.82 Å². The van der Waals surface area contributed by atoms with Crippen LogP contribution < -0.4 is 4.74 Å². The lowest BCUT2D eigenvalue weighted by Gasteiger charge is -2.24. The van der Waals surface area contributed by atoms with Gasteiger partial charge in [0.25, 0.3) is 5.91 Å². The third-order valence-corrected chi connectivity index (χ3v) is 3.39. The van der Waals surface area contributed by atoms with E-state index in [9.17, 15) is 9.18 Å². The second-order valence-electron chi connectivity index (χ2n) is 5.13. The highest BCUT2D eigenvalue weighted by Crippen LogP contribution is 2.19. The van der Waals surface area contributed by atoms with Crippen LogP contribution in [0.4, 0.5) is 4.39 Å². The van der Waals surface area contributed by atoms with Gasteiger partial charge >= 0.3 is 0 Å². The molecule has 0 aliphatic heterocycles. The zero-order valence-corrected chi connectivity index (χ0v) is 12.8. The van der Waals surface area contributed by atoms with Crippen molar-refractivity contribution in [1.82, 2.24) is 4.90 Å². The van der Waals surface area contributed by atoms with Crippen molar-refractivity contribution in [3.05, 3.63) is 66.0 Å². The number of amides is 1. The van der Waals surface area contributed by atoms with Crippen LogP contribution in [0.3, 0.4) is 0 Å². The monoisotopic (exact) mass is 301 g/mol. The Hall–Kier alpha value is -2.36. The highest BCUT2D eigenvalue weighted by Gasteiger charge is 2.23. The van der Waals surface area contributed by atoms with Gasteiger partial charge in [0.15, 0.2) is 17.7 Å². The fraction of sp³-hybridized carbons (Fsp3) is 0.278. The number of para-hydroxylation sites is 1. The van der Waals surface area contributed by atoms with Crippen molar-refractivity contribution in [2.75, 3.05) is 7.05 Å². The molecular weight excluding hydrogens is 281 g/mol. The second kappa shape index (κ2) is 7.59. The fourth-order valence-corrected chi connectivity index (χ4v) is 2.18. The second-order valence-corrected chi connectivity index (χ2v) is 5.13. The van der Waals surface area contributed by atoms with Gasteiger partial charge in [0.2, 0.25) is 0 Å². The highest BCUT2D eigenvalue weighted by molar-refractivity contribution is 5.81. The number of nitrogens with zero attached hydrogens (tertiary/aromatic N) is 1. The van der Waals surface area contributed by atoms with Crippen LogP contribution in [0.2, 0.25) is 0 Å². The topological polar surface area (TPSA) is 29.5 Å². The highest BCUT2D eigenvalue weighted by atomic mass is 19.1. The zero-order valence-electron chi connectivity index (χ0n) is 12.8. The SMILES string of the molecule is CCC(Oc1ccccc1F)C(=O)N(C)Cc1ccccc1. The molecule has 22 heavy (non-hydrogen) atoms. The third-order valence-electron chi connectivity index (χ3n) is 3.39. The van der Waals surface area contributed by atoms with Crippen LogP contribution in [0.1, 0.15) is 18.9 Å². The van der Waals surface area contributed by atoms with Crippen LogP contribution in [0.15, 0.2) is 54.6 Å². The van der Waals surface area contributed by atoms with Crippen LogP contribution in [-0.4, -0.2) is 24.0 Å². The summed E-state index contributed by atoms with van der Waals surface area (Å²) in [5.74, 6) is -0.509. The van der Waals surface area contributed by atoms with Crippen molar-refractivity contribution in [3.8, 4) is 5.75 Å². The molecule has 0 saturated heterocycles. The normalized spacial score (nSPS) is 11.8. The number of halogens is 1. The summed E-state index contributed by atoms with van der Waals surface area (Å²) in [6, 6.07) is 15.8. The Morgan fingerprint density at radius 1 is 1.14 bits per heavy atom. The van der Waals surface area contributed by atoms with Gasteiger partial charge in [-0.15, -0.1) is 0 Å². The lowest BCUT2D eigenvalue weighted by atomic mass is 10.2. The van der Waals surface area contributed by atoms with Gasteiger partial charge in [-0.05, 0) is 24.1 Å². The first kappa shape index (κ1) is 16.0. The van der Waals surface area contributed by atoms with Crippen LogP contribution in [0.5, 0.6) is 5.75 Å². The van der Waals surface area contributed by atoms with Crippen LogP contribution >= 0.6 is 0 Å². The summed E-state index contributed by atoms with van der Waals surface area (Å²) < 4.78 is 19.2. The Kier molecular flexibility index (Phi) is 5.53. The minimum Gasteiger partial charge on any atom is -0.478 e. The molecule has 116 valence electrons. The average Bonchev–Trinajstić information content (AvgIpc) is 2.54. The minimum absolute atomic E-state index is 0.107. The Morgan fingerprint density at radius 2 is 1.77 bits per heavy atom. The summed E-state index contributed by atoms with van der Waals surface area (Å²) >= 11 is 0. The van der Waals surface area contributed by atoms with Crippen molar-refractivity contribution < 1.29 is 13.9 Å². The van der Waals surface area contributed by atoms with Gasteiger partial charge in [-0.3, -0.25) is 4.79 Å². The van der Waals surface area contributed by atoms with Crippen molar-refractivity contribution in [2.45, 2.75) is 26.0 Å². The first-order valence-corrected chi connectivity index (χ1v) is 7.32. The van der Waals surface area contributed by atoms with E-state index in [1.165, 1.54) is 12.1 Å². The maximum absolute atomic E-state index is 13.6. The van der Waals surface area contributed by atoms with E-state index >= 15 is 0 Å². The third kappa shape index (κ3) is 4.07. The Labute approximate surface area is 130 Å². The molecule has 0 heterocycles. The molecule has 0 fully saturated rings. The standard InChI is InChI=1S/C18H20FNO2/c1-3-16(22-17-12-8-7-11-15(17)19)18(21)20(2)13-14-9-5-4-6-10-14/h4-12,16H,3,13H2,1-2H3. The van der Waals surface area contributed by atoms with E-state index in [4.69, 9.17) is 4.74 Å². The molecule has 0 N–H and O–H groups in total. The first-order valence-electron chi connectivity index (χ1n) is 7.32. The summed E-state index contributed by atoms with van der Waals surface area (Å²) in [7, 11) is 1.72. The lowest BCUT2D eigenvalue weighted by molar-refractivity contribution is -0.138. The van der Waals surface area contributed by atoms with Gasteiger partial charge < -0.3 is 9.64 Å². The van der Waals surface area contributed by atoms with Gasteiger partial charge in [-0.2, -0.15) is 0 Å². The van der Waals surface area contributed by atoms with E-state index in [0.29, 0.717) is 13.0 Å². The van der Waals surface area contributed by atoms with Gasteiger partial charge in [0.1, 0.15) is 0 Å². The summed E-state index contributed by atoms with van der Waals surface area (Å²) in [6.45, 7) is 2.34. The molecule has 0 aliphatic carbocycles. The number of benzene rings is 2. The molecule has 0 aliphatic rings. The largest absolute Gasteiger partial charge is 0.478 e. The summed E-state index contributed by atoms with van der Waals surface area (Å²) in [5.41, 5.74) is 1.04. The molecule has 0 radical (unpaired) electrons. The van der Waals surface area contributed by atoms with Gasteiger partial charge in [0, 0.05) is 13.6 Å². The van der Waals surface area contributed by atoms with E-state index in [-0.39, 0.29) is 11.7 Å². The van der Waals surface area contributed by atoms with Crippen LogP contribution in [0.25, 0.3) is 0 Å². The van der Waals surface area contributed by atoms with E-state index in [0.717, 1.165) is 5.56 Å². The molecule has 1 amide bonds. The van der Waals surface area contributed by atoms with Crippen LogP contribution in [-0.2, 0) is 11.3 Å². The number of carbonyl (C=O) groups is 1. The van der Waals surface area contributed by atoms with Crippen molar-refractivity contribution in [3.63, 3.8) is 0 Å². The summed E-state index contributed by atoms with van der Waals surface area (Å²) in [4.78, 5) is 14.1. The minimum atomic E-state index is -0.689. The Balaban J connectivity index is 2.03. The fourth-order valence-electron chi connectivity index (χ4n) is 2.18. The molecule has 1 unspecified atom stereocenters. The average molecular weight is 301 g/mol. The van der Waals surface area contributed by atoms with Gasteiger partial charge in [-0.25, -0.2) is 4.39 Å². The molecule has 3 nitrogen and oxygen atoms in total. The Bertz CT molecular complexity index is 615. The molecule has 2 aromatic rings. The van der Waals surface area contributed by atoms with E-state index in [1.807, 2.05) is 37.3 Å². The van der Waals surface area contributed by atoms with E-state index in [2.05, 4.69) is 0 Å². The van der Waals surface area contributed by atoms with Gasteiger partial charge in [-0.1, -0.05) is 49.4 Å². The quantitative estimate of drug-likeness (QED) is 0.815. The van der Waals surface area contributed by atoms with Crippen molar-refractivity contribution >= 4 is 5.91 Å². The van der Waals surface area contributed by atoms with E-state index in [1.54, 1.807) is 24.1 Å². The molecule has 1 atom stereocenters. The predicted molar refractivity (Wildman–Crippen MR) is 84.0 cm³/mol. The number of hydrogen-bond acceptors (Lipinski definition) is 2. The Morgan fingerprint density at radius 3 is 2.41 bits per heavy atom. The van der Waals surface area contributed by atoms with Crippen molar-refractivity contribution in [2.24, 2.45) is 0 Å². The maximum atomic E-state index is 13.6. The van der Waals surface area contributed by atoms with Gasteiger partial charge in [0.05, 0.1) is 0 Å². The number of ether oxygens (including phenoxy) is 1. The first-order chi connectivity index (χ1) is 10.6. The summed E-state index contributed by atoms with van der Waals surface area (Å²) in [5, 5.41) is 0. The predicted octanol–water partition coefficient (Wildman–Crippen LogP) is 3.64. The number of likely N-dealkylation sites (N-methyl/N-ethyl adjacent to an activating group) is 1.